The van der Waals surface area contributed by atoms with Crippen LogP contribution in [0.4, 0.5) is 0 Å². The van der Waals surface area contributed by atoms with Gasteiger partial charge in [-0.1, -0.05) is 18.2 Å². The molecule has 0 saturated carbocycles. The summed E-state index contributed by atoms with van der Waals surface area (Å²) in [5.41, 5.74) is 0.927. The summed E-state index contributed by atoms with van der Waals surface area (Å²) in [6.07, 6.45) is 1.50. The summed E-state index contributed by atoms with van der Waals surface area (Å²) in [5.74, 6) is -0.140. The van der Waals surface area contributed by atoms with E-state index in [0.29, 0.717) is 16.4 Å². The number of carbonyl (C=O) groups excluding carboxylic acids is 1. The molecule has 0 aliphatic carbocycles. The van der Waals surface area contributed by atoms with Gasteiger partial charge in [-0.15, -0.1) is 0 Å². The van der Waals surface area contributed by atoms with Crippen molar-refractivity contribution in [1.29, 1.82) is 0 Å². The molecule has 3 nitrogen and oxygen atoms in total. The van der Waals surface area contributed by atoms with Crippen LogP contribution in [-0.2, 0) is 0 Å². The van der Waals surface area contributed by atoms with Crippen molar-refractivity contribution in [2.45, 2.75) is 0 Å². The van der Waals surface area contributed by atoms with Crippen LogP contribution in [0.5, 0.6) is 0 Å². The standard InChI is InChI=1S/C10H11ClN2O/c1-7(13(2)3)10(14)8-4-5-12-9(11)6-8/h4-6H,1H2,2-3H3. The Morgan fingerprint density at radius 2 is 2.21 bits per heavy atom. The lowest BCUT2D eigenvalue weighted by atomic mass is 10.1. The van der Waals surface area contributed by atoms with Gasteiger partial charge in [-0.25, -0.2) is 4.98 Å². The summed E-state index contributed by atoms with van der Waals surface area (Å²) < 4.78 is 0. The van der Waals surface area contributed by atoms with Crippen molar-refractivity contribution < 1.29 is 4.79 Å². The van der Waals surface area contributed by atoms with Crippen molar-refractivity contribution in [3.8, 4) is 0 Å². The zero-order valence-corrected chi connectivity index (χ0v) is 8.88. The highest BCUT2D eigenvalue weighted by Crippen LogP contribution is 2.11. The van der Waals surface area contributed by atoms with Crippen molar-refractivity contribution in [2.24, 2.45) is 0 Å². The van der Waals surface area contributed by atoms with Gasteiger partial charge in [0.25, 0.3) is 0 Å². The van der Waals surface area contributed by atoms with Crippen molar-refractivity contribution in [3.63, 3.8) is 0 Å². The molecular formula is C10H11ClN2O. The molecule has 0 N–H and O–H groups in total. The van der Waals surface area contributed by atoms with Gasteiger partial charge in [-0.2, -0.15) is 0 Å². The monoisotopic (exact) mass is 210 g/mol. The van der Waals surface area contributed by atoms with Crippen LogP contribution in [0.1, 0.15) is 10.4 Å². The third kappa shape index (κ3) is 2.33. The van der Waals surface area contributed by atoms with Crippen LogP contribution in [0.25, 0.3) is 0 Å². The van der Waals surface area contributed by atoms with Gasteiger partial charge in [0.2, 0.25) is 5.78 Å². The second kappa shape index (κ2) is 4.24. The lowest BCUT2D eigenvalue weighted by molar-refractivity contribution is 0.100. The maximum atomic E-state index is 11.7. The Labute approximate surface area is 88.0 Å². The molecule has 0 aliphatic heterocycles. The van der Waals surface area contributed by atoms with E-state index in [4.69, 9.17) is 11.6 Å². The molecule has 74 valence electrons. The van der Waals surface area contributed by atoms with E-state index in [0.717, 1.165) is 0 Å². The molecule has 0 saturated heterocycles. The first kappa shape index (κ1) is 10.7. The first-order valence-corrected chi connectivity index (χ1v) is 4.42. The number of pyridine rings is 1. The average Bonchev–Trinajstić information content (AvgIpc) is 2.15. The topological polar surface area (TPSA) is 33.2 Å². The third-order valence-electron chi connectivity index (χ3n) is 1.79. The van der Waals surface area contributed by atoms with Crippen molar-refractivity contribution >= 4 is 17.4 Å². The number of halogens is 1. The van der Waals surface area contributed by atoms with Gasteiger partial charge in [0.05, 0.1) is 5.70 Å². The highest BCUT2D eigenvalue weighted by atomic mass is 35.5. The fourth-order valence-electron chi connectivity index (χ4n) is 0.913. The number of allylic oxidation sites excluding steroid dienone is 1. The average molecular weight is 211 g/mol. The highest BCUT2D eigenvalue weighted by molar-refractivity contribution is 6.29. The van der Waals surface area contributed by atoms with E-state index in [1.54, 1.807) is 25.1 Å². The molecule has 1 heterocycles. The Hall–Kier alpha value is -1.35. The number of Topliss-reactive ketones (excluding diaryl/α,β-unsaturated/α-hetero) is 1. The summed E-state index contributed by atoms with van der Waals surface area (Å²) in [6.45, 7) is 3.67. The van der Waals surface area contributed by atoms with Crippen LogP contribution in [0.2, 0.25) is 5.15 Å². The third-order valence-corrected chi connectivity index (χ3v) is 2.00. The molecule has 0 spiro atoms. The van der Waals surface area contributed by atoms with E-state index < -0.39 is 0 Å². The number of likely N-dealkylation sites (N-methyl/N-ethyl adjacent to an activating group) is 1. The van der Waals surface area contributed by atoms with Crippen molar-refractivity contribution in [3.05, 3.63) is 41.3 Å². The smallest absolute Gasteiger partial charge is 0.208 e. The van der Waals surface area contributed by atoms with Gasteiger partial charge in [0, 0.05) is 25.9 Å². The summed E-state index contributed by atoms with van der Waals surface area (Å²) in [5, 5.41) is 0.308. The minimum absolute atomic E-state index is 0.140. The Balaban J connectivity index is 2.95. The predicted molar refractivity (Wildman–Crippen MR) is 56.4 cm³/mol. The van der Waals surface area contributed by atoms with Gasteiger partial charge >= 0.3 is 0 Å². The molecule has 0 fully saturated rings. The molecule has 14 heavy (non-hydrogen) atoms. The van der Waals surface area contributed by atoms with E-state index >= 15 is 0 Å². The minimum atomic E-state index is -0.140. The zero-order valence-electron chi connectivity index (χ0n) is 8.12. The second-order valence-electron chi connectivity index (χ2n) is 3.04. The lowest BCUT2D eigenvalue weighted by Crippen LogP contribution is -2.18. The van der Waals surface area contributed by atoms with Gasteiger partial charge in [-0.3, -0.25) is 4.79 Å². The molecule has 0 aromatic carbocycles. The number of ketones is 1. The van der Waals surface area contributed by atoms with Crippen LogP contribution in [0, 0.1) is 0 Å². The molecule has 0 aliphatic rings. The Kier molecular flexibility index (Phi) is 3.25. The number of carbonyl (C=O) groups is 1. The molecule has 4 heteroatoms. The molecule has 1 aromatic heterocycles. The van der Waals surface area contributed by atoms with Crippen molar-refractivity contribution in [2.75, 3.05) is 14.1 Å². The SMILES string of the molecule is C=C(C(=O)c1ccnc(Cl)c1)N(C)C. The van der Waals surface area contributed by atoms with Crippen molar-refractivity contribution in [1.82, 2.24) is 9.88 Å². The van der Waals surface area contributed by atoms with Crippen LogP contribution in [-0.4, -0.2) is 29.8 Å². The molecule has 0 radical (unpaired) electrons. The summed E-state index contributed by atoms with van der Waals surface area (Å²) in [6, 6.07) is 3.14. The number of hydrogen-bond acceptors (Lipinski definition) is 3. The quantitative estimate of drug-likeness (QED) is 0.435. The van der Waals surface area contributed by atoms with E-state index in [9.17, 15) is 4.79 Å². The lowest BCUT2D eigenvalue weighted by Gasteiger charge is -2.13. The Morgan fingerprint density at radius 1 is 1.57 bits per heavy atom. The first-order chi connectivity index (χ1) is 6.52. The van der Waals surface area contributed by atoms with Gasteiger partial charge < -0.3 is 4.90 Å². The largest absolute Gasteiger partial charge is 0.375 e. The van der Waals surface area contributed by atoms with Crippen LogP contribution in [0.3, 0.4) is 0 Å². The maximum Gasteiger partial charge on any atom is 0.208 e. The molecule has 1 aromatic rings. The summed E-state index contributed by atoms with van der Waals surface area (Å²) in [4.78, 5) is 17.2. The molecule has 1 rings (SSSR count). The Morgan fingerprint density at radius 3 is 2.71 bits per heavy atom. The van der Waals surface area contributed by atoms with Crippen LogP contribution in [0.15, 0.2) is 30.6 Å². The predicted octanol–water partition coefficient (Wildman–Crippen LogP) is 1.99. The fourth-order valence-corrected chi connectivity index (χ4v) is 1.09. The second-order valence-corrected chi connectivity index (χ2v) is 3.42. The number of nitrogens with zero attached hydrogens (tertiary/aromatic N) is 2. The number of aromatic nitrogens is 1. The van der Waals surface area contributed by atoms with Crippen LogP contribution < -0.4 is 0 Å². The minimum Gasteiger partial charge on any atom is -0.375 e. The highest BCUT2D eigenvalue weighted by Gasteiger charge is 2.11. The van der Waals surface area contributed by atoms with E-state index in [1.165, 1.54) is 12.3 Å². The zero-order chi connectivity index (χ0) is 10.7. The normalized spacial score (nSPS) is 9.64. The fraction of sp³-hybridized carbons (Fsp3) is 0.200. The van der Waals surface area contributed by atoms with Crippen LogP contribution >= 0.6 is 11.6 Å². The molecular weight excluding hydrogens is 200 g/mol. The van der Waals surface area contributed by atoms with E-state index in [1.807, 2.05) is 0 Å². The van der Waals surface area contributed by atoms with Gasteiger partial charge in [0.1, 0.15) is 5.15 Å². The molecule has 0 amide bonds. The van der Waals surface area contributed by atoms with E-state index in [2.05, 4.69) is 11.6 Å². The molecule has 0 bridgehead atoms. The Bertz CT molecular complexity index is 374. The molecule has 0 atom stereocenters. The number of hydrogen-bond donors (Lipinski definition) is 0. The van der Waals surface area contributed by atoms with E-state index in [-0.39, 0.29) is 5.78 Å². The van der Waals surface area contributed by atoms with Gasteiger partial charge in [0.15, 0.2) is 0 Å². The maximum absolute atomic E-state index is 11.7. The first-order valence-electron chi connectivity index (χ1n) is 4.05. The van der Waals surface area contributed by atoms with Gasteiger partial charge in [-0.05, 0) is 12.1 Å². The summed E-state index contributed by atoms with van der Waals surface area (Å²) >= 11 is 5.67. The number of rotatable bonds is 3. The molecule has 0 unspecified atom stereocenters. The summed E-state index contributed by atoms with van der Waals surface area (Å²) in [7, 11) is 3.53.